The minimum Gasteiger partial charge on any atom is -0.465 e. The highest BCUT2D eigenvalue weighted by atomic mass is 35.5. The van der Waals surface area contributed by atoms with Gasteiger partial charge in [0.05, 0.1) is 24.4 Å². The van der Waals surface area contributed by atoms with Crippen LogP contribution in [0.2, 0.25) is 5.02 Å². The monoisotopic (exact) mass is 228 g/mol. The van der Waals surface area contributed by atoms with Crippen LogP contribution in [-0.2, 0) is 4.74 Å². The molecule has 1 aromatic carbocycles. The smallest absolute Gasteiger partial charge is 0.340 e. The maximum Gasteiger partial charge on any atom is 0.340 e. The predicted molar refractivity (Wildman–Crippen MR) is 53.8 cm³/mol. The topological polar surface area (TPSA) is 52.1 Å². The number of esters is 1. The number of nitrogens with zero attached hydrogens (tertiary/aromatic N) is 2. The van der Waals surface area contributed by atoms with Crippen LogP contribution in [0.3, 0.4) is 0 Å². The Morgan fingerprint density at radius 1 is 1.50 bits per heavy atom. The number of carbonyl (C=O) groups excluding carboxylic acids is 1. The molecule has 0 amide bonds. The van der Waals surface area contributed by atoms with Crippen LogP contribution in [0.4, 0.5) is 0 Å². The fourth-order valence-corrected chi connectivity index (χ4v) is 1.88. The largest absolute Gasteiger partial charge is 0.465 e. The van der Waals surface area contributed by atoms with Gasteiger partial charge in [0.25, 0.3) is 0 Å². The summed E-state index contributed by atoms with van der Waals surface area (Å²) in [6.07, 6.45) is 0. The first-order chi connectivity index (χ1) is 6.72. The lowest BCUT2D eigenvalue weighted by molar-refractivity contribution is 0.0603. The molecule has 2 aromatic rings. The van der Waals surface area contributed by atoms with E-state index in [0.29, 0.717) is 21.6 Å². The first-order valence-electron chi connectivity index (χ1n) is 3.72. The molecule has 1 heterocycles. The van der Waals surface area contributed by atoms with Gasteiger partial charge in [0.15, 0.2) is 0 Å². The van der Waals surface area contributed by atoms with E-state index in [1.54, 1.807) is 6.07 Å². The summed E-state index contributed by atoms with van der Waals surface area (Å²) >= 11 is 6.85. The van der Waals surface area contributed by atoms with Crippen molar-refractivity contribution in [2.45, 2.75) is 0 Å². The number of rotatable bonds is 1. The highest BCUT2D eigenvalue weighted by Crippen LogP contribution is 2.22. The van der Waals surface area contributed by atoms with Crippen molar-refractivity contribution >= 4 is 40.3 Å². The molecule has 72 valence electrons. The summed E-state index contributed by atoms with van der Waals surface area (Å²) in [6.45, 7) is 0. The Bertz CT molecular complexity index is 497. The van der Waals surface area contributed by atoms with Gasteiger partial charge in [-0.05, 0) is 12.1 Å². The van der Waals surface area contributed by atoms with Crippen LogP contribution < -0.4 is 0 Å². The normalized spacial score (nSPS) is 10.4. The van der Waals surface area contributed by atoms with E-state index in [1.165, 1.54) is 13.2 Å². The minimum absolute atomic E-state index is 0.351. The Kier molecular flexibility index (Phi) is 2.35. The van der Waals surface area contributed by atoms with Gasteiger partial charge in [-0.3, -0.25) is 0 Å². The number of hydrogen-bond acceptors (Lipinski definition) is 5. The van der Waals surface area contributed by atoms with Crippen LogP contribution in [0.1, 0.15) is 10.4 Å². The van der Waals surface area contributed by atoms with Gasteiger partial charge in [-0.25, -0.2) is 4.79 Å². The van der Waals surface area contributed by atoms with Crippen LogP contribution in [0.15, 0.2) is 12.1 Å². The molecule has 0 N–H and O–H groups in total. The number of halogens is 1. The summed E-state index contributed by atoms with van der Waals surface area (Å²) in [5.74, 6) is -0.454. The number of ether oxygens (including phenoxy) is 1. The standard InChI is InChI=1S/C8H5ClN2O2S/c1-13-8(12)5-2-4(9)3-6-7(5)11-14-10-6/h2-3H,1H3. The van der Waals surface area contributed by atoms with Gasteiger partial charge >= 0.3 is 5.97 Å². The van der Waals surface area contributed by atoms with Crippen molar-refractivity contribution in [2.24, 2.45) is 0 Å². The van der Waals surface area contributed by atoms with Crippen LogP contribution >= 0.6 is 23.3 Å². The Labute approximate surface area is 88.8 Å². The molecule has 0 aliphatic heterocycles. The zero-order valence-corrected chi connectivity index (χ0v) is 8.72. The van der Waals surface area contributed by atoms with Crippen molar-refractivity contribution < 1.29 is 9.53 Å². The Balaban J connectivity index is 2.72. The molecule has 4 nitrogen and oxygen atoms in total. The highest BCUT2D eigenvalue weighted by molar-refractivity contribution is 7.00. The van der Waals surface area contributed by atoms with Crippen molar-refractivity contribution in [3.8, 4) is 0 Å². The maximum atomic E-state index is 11.3. The summed E-state index contributed by atoms with van der Waals surface area (Å²) < 4.78 is 12.6. The number of methoxy groups -OCH3 is 1. The van der Waals surface area contributed by atoms with Crippen LogP contribution in [0, 0.1) is 0 Å². The van der Waals surface area contributed by atoms with Crippen molar-refractivity contribution in [1.29, 1.82) is 0 Å². The first-order valence-corrected chi connectivity index (χ1v) is 4.83. The summed E-state index contributed by atoms with van der Waals surface area (Å²) in [5, 5.41) is 0.450. The molecule has 0 radical (unpaired) electrons. The summed E-state index contributed by atoms with van der Waals surface area (Å²) in [5.41, 5.74) is 1.50. The lowest BCUT2D eigenvalue weighted by atomic mass is 10.2. The lowest BCUT2D eigenvalue weighted by Crippen LogP contribution is -2.02. The molecule has 1 aromatic heterocycles. The molecule has 0 unspecified atom stereocenters. The van der Waals surface area contributed by atoms with E-state index < -0.39 is 5.97 Å². The lowest BCUT2D eigenvalue weighted by Gasteiger charge is -1.99. The quantitative estimate of drug-likeness (QED) is 0.702. The van der Waals surface area contributed by atoms with Gasteiger partial charge in [0, 0.05) is 5.02 Å². The van der Waals surface area contributed by atoms with Gasteiger partial charge in [0.2, 0.25) is 0 Å². The van der Waals surface area contributed by atoms with Gasteiger partial charge < -0.3 is 4.74 Å². The van der Waals surface area contributed by atoms with Crippen LogP contribution in [0.25, 0.3) is 11.0 Å². The average molecular weight is 229 g/mol. The van der Waals surface area contributed by atoms with Crippen molar-refractivity contribution in [2.75, 3.05) is 7.11 Å². The van der Waals surface area contributed by atoms with Crippen molar-refractivity contribution in [3.63, 3.8) is 0 Å². The SMILES string of the molecule is COC(=O)c1cc(Cl)cc2nsnc12. The van der Waals surface area contributed by atoms with Gasteiger partial charge in [-0.1, -0.05) is 11.6 Å². The second kappa shape index (κ2) is 3.51. The summed E-state index contributed by atoms with van der Waals surface area (Å²) in [6, 6.07) is 3.18. The molecule has 0 spiro atoms. The maximum absolute atomic E-state index is 11.3. The molecule has 2 rings (SSSR count). The fourth-order valence-electron chi connectivity index (χ4n) is 1.12. The summed E-state index contributed by atoms with van der Waals surface area (Å²) in [4.78, 5) is 11.3. The van der Waals surface area contributed by atoms with Crippen molar-refractivity contribution in [3.05, 3.63) is 22.7 Å². The molecule has 6 heteroatoms. The molecule has 0 aliphatic rings. The van der Waals surface area contributed by atoms with Gasteiger partial charge in [-0.2, -0.15) is 8.75 Å². The third kappa shape index (κ3) is 1.44. The van der Waals surface area contributed by atoms with Gasteiger partial charge in [0.1, 0.15) is 11.0 Å². The number of benzene rings is 1. The average Bonchev–Trinajstić information content (AvgIpc) is 2.62. The zero-order chi connectivity index (χ0) is 10.1. The predicted octanol–water partition coefficient (Wildman–Crippen LogP) is 2.13. The molecule has 0 saturated carbocycles. The van der Waals surface area contributed by atoms with E-state index in [4.69, 9.17) is 11.6 Å². The summed E-state index contributed by atoms with van der Waals surface area (Å²) in [7, 11) is 1.31. The minimum atomic E-state index is -0.454. The van der Waals surface area contributed by atoms with E-state index in [1.807, 2.05) is 0 Å². The molecular weight excluding hydrogens is 224 g/mol. The molecule has 0 aliphatic carbocycles. The van der Waals surface area contributed by atoms with E-state index >= 15 is 0 Å². The van der Waals surface area contributed by atoms with E-state index in [0.717, 1.165) is 11.7 Å². The zero-order valence-electron chi connectivity index (χ0n) is 7.15. The Morgan fingerprint density at radius 2 is 2.29 bits per heavy atom. The van der Waals surface area contributed by atoms with E-state index in [9.17, 15) is 4.79 Å². The Morgan fingerprint density at radius 3 is 3.00 bits per heavy atom. The van der Waals surface area contributed by atoms with E-state index in [-0.39, 0.29) is 0 Å². The second-order valence-electron chi connectivity index (χ2n) is 2.58. The van der Waals surface area contributed by atoms with E-state index in [2.05, 4.69) is 13.5 Å². The first kappa shape index (κ1) is 9.36. The van der Waals surface area contributed by atoms with Crippen LogP contribution in [-0.4, -0.2) is 21.8 Å². The number of carbonyl (C=O) groups is 1. The third-order valence-electron chi connectivity index (χ3n) is 1.73. The Hall–Kier alpha value is -1.20. The second-order valence-corrected chi connectivity index (χ2v) is 3.54. The molecular formula is C8H5ClN2O2S. The molecule has 0 saturated heterocycles. The molecule has 14 heavy (non-hydrogen) atoms. The van der Waals surface area contributed by atoms with Gasteiger partial charge in [-0.15, -0.1) is 0 Å². The molecule has 0 bridgehead atoms. The number of hydrogen-bond donors (Lipinski definition) is 0. The number of fused-ring (bicyclic) bond motifs is 1. The third-order valence-corrected chi connectivity index (χ3v) is 2.49. The van der Waals surface area contributed by atoms with Crippen LogP contribution in [0.5, 0.6) is 0 Å². The fraction of sp³-hybridized carbons (Fsp3) is 0.125. The number of aromatic nitrogens is 2. The molecule has 0 atom stereocenters. The van der Waals surface area contributed by atoms with Crippen molar-refractivity contribution in [1.82, 2.24) is 8.75 Å². The highest BCUT2D eigenvalue weighted by Gasteiger charge is 2.14. The molecule has 0 fully saturated rings.